The Hall–Kier alpha value is -2.17. The molecule has 0 radical (unpaired) electrons. The lowest BCUT2D eigenvalue weighted by molar-refractivity contribution is -0.139. The molecule has 0 bridgehead atoms. The van der Waals surface area contributed by atoms with E-state index in [1.165, 1.54) is 6.92 Å². The molecule has 0 aromatic heterocycles. The van der Waals surface area contributed by atoms with E-state index in [0.717, 1.165) is 51.7 Å². The van der Waals surface area contributed by atoms with E-state index in [4.69, 9.17) is 0 Å². The van der Waals surface area contributed by atoms with E-state index in [0.29, 0.717) is 24.1 Å². The number of carbonyl (C=O) groups is 3. The van der Waals surface area contributed by atoms with E-state index in [2.05, 4.69) is 6.92 Å². The molecule has 0 aliphatic carbocycles. The van der Waals surface area contributed by atoms with Gasteiger partial charge >= 0.3 is 0 Å². The van der Waals surface area contributed by atoms with Gasteiger partial charge in [-0.2, -0.15) is 0 Å². The van der Waals surface area contributed by atoms with Crippen LogP contribution in [0.5, 0.6) is 0 Å². The number of unbranched alkanes of at least 4 members (excludes halogenated alkanes) is 1. The fraction of sp³-hybridized carbons (Fsp3) is 0.591. The van der Waals surface area contributed by atoms with E-state index in [-0.39, 0.29) is 23.0 Å². The maximum Gasteiger partial charge on any atom is 0.253 e. The van der Waals surface area contributed by atoms with Gasteiger partial charge in [-0.15, -0.1) is 0 Å². The Morgan fingerprint density at radius 1 is 1.15 bits per heavy atom. The second-order valence-corrected chi connectivity index (χ2v) is 8.14. The molecule has 2 aliphatic rings. The summed E-state index contributed by atoms with van der Waals surface area (Å²) in [4.78, 5) is 40.9. The van der Waals surface area contributed by atoms with Gasteiger partial charge in [0.05, 0.1) is 0 Å². The molecule has 2 amide bonds. The molecule has 1 unspecified atom stereocenters. The first-order valence-electron chi connectivity index (χ1n) is 10.1. The molecule has 2 heterocycles. The van der Waals surface area contributed by atoms with E-state index in [9.17, 15) is 14.4 Å². The third kappa shape index (κ3) is 4.40. The summed E-state index contributed by atoms with van der Waals surface area (Å²) in [6, 6.07) is 7.00. The summed E-state index contributed by atoms with van der Waals surface area (Å²) in [7, 11) is 0. The summed E-state index contributed by atoms with van der Waals surface area (Å²) in [6.07, 6.45) is 5.60. The first-order valence-corrected chi connectivity index (χ1v) is 10.1. The van der Waals surface area contributed by atoms with Crippen LogP contribution in [-0.2, 0) is 4.79 Å². The average molecular weight is 370 g/mol. The molecule has 146 valence electrons. The molecule has 5 heteroatoms. The topological polar surface area (TPSA) is 57.7 Å². The fourth-order valence-corrected chi connectivity index (χ4v) is 4.42. The standard InChI is InChI=1S/C22H30N2O3/c1-3-4-12-23-15-22(11-9-20(23)26)10-6-13-24(16-22)21(27)19-8-5-7-18(14-19)17(2)25/h5,7-8,14H,3-4,6,9-13,15-16H2,1-2H3. The van der Waals surface area contributed by atoms with Crippen LogP contribution in [0.25, 0.3) is 0 Å². The first kappa shape index (κ1) is 19.6. The summed E-state index contributed by atoms with van der Waals surface area (Å²) >= 11 is 0. The highest BCUT2D eigenvalue weighted by atomic mass is 16.2. The quantitative estimate of drug-likeness (QED) is 0.745. The van der Waals surface area contributed by atoms with Crippen molar-refractivity contribution >= 4 is 17.6 Å². The Balaban J connectivity index is 1.73. The minimum Gasteiger partial charge on any atom is -0.342 e. The summed E-state index contributed by atoms with van der Waals surface area (Å²) in [6.45, 7) is 6.69. The van der Waals surface area contributed by atoms with Crippen molar-refractivity contribution in [1.82, 2.24) is 9.80 Å². The molecule has 0 N–H and O–H groups in total. The monoisotopic (exact) mass is 370 g/mol. The highest BCUT2D eigenvalue weighted by Gasteiger charge is 2.42. The lowest BCUT2D eigenvalue weighted by Gasteiger charge is -2.48. The lowest BCUT2D eigenvalue weighted by atomic mass is 9.73. The maximum absolute atomic E-state index is 13.1. The van der Waals surface area contributed by atoms with Gasteiger partial charge in [-0.1, -0.05) is 25.5 Å². The van der Waals surface area contributed by atoms with Gasteiger partial charge in [-0.05, 0) is 44.7 Å². The molecule has 1 atom stereocenters. The number of hydrogen-bond donors (Lipinski definition) is 0. The van der Waals surface area contributed by atoms with Gasteiger partial charge in [0.2, 0.25) is 5.91 Å². The van der Waals surface area contributed by atoms with E-state index in [1.54, 1.807) is 24.3 Å². The smallest absolute Gasteiger partial charge is 0.253 e. The Kier molecular flexibility index (Phi) is 5.98. The minimum absolute atomic E-state index is 0.00539. The van der Waals surface area contributed by atoms with Crippen LogP contribution >= 0.6 is 0 Å². The van der Waals surface area contributed by atoms with Crippen molar-refractivity contribution in [2.45, 2.75) is 52.4 Å². The largest absolute Gasteiger partial charge is 0.342 e. The molecule has 3 rings (SSSR count). The van der Waals surface area contributed by atoms with Crippen LogP contribution in [0, 0.1) is 5.41 Å². The van der Waals surface area contributed by atoms with Gasteiger partial charge in [0.15, 0.2) is 5.78 Å². The van der Waals surface area contributed by atoms with Crippen LogP contribution in [0.1, 0.15) is 73.1 Å². The highest BCUT2D eigenvalue weighted by Crippen LogP contribution is 2.39. The fourth-order valence-electron chi connectivity index (χ4n) is 4.42. The van der Waals surface area contributed by atoms with Crippen LogP contribution in [0.3, 0.4) is 0 Å². The molecule has 5 nitrogen and oxygen atoms in total. The van der Waals surface area contributed by atoms with Crippen LogP contribution < -0.4 is 0 Å². The van der Waals surface area contributed by atoms with Crippen molar-refractivity contribution in [2.75, 3.05) is 26.2 Å². The summed E-state index contributed by atoms with van der Waals surface area (Å²) in [5, 5.41) is 0. The zero-order chi connectivity index (χ0) is 19.4. The van der Waals surface area contributed by atoms with Crippen molar-refractivity contribution in [1.29, 1.82) is 0 Å². The summed E-state index contributed by atoms with van der Waals surface area (Å²) in [5.41, 5.74) is 1.17. The second kappa shape index (κ2) is 8.24. The van der Waals surface area contributed by atoms with Crippen molar-refractivity contribution in [3.8, 4) is 0 Å². The zero-order valence-electron chi connectivity index (χ0n) is 16.5. The predicted octanol–water partition coefficient (Wildman–Crippen LogP) is 3.53. The van der Waals surface area contributed by atoms with Crippen LogP contribution in [0.4, 0.5) is 0 Å². The van der Waals surface area contributed by atoms with Crippen LogP contribution in [0.15, 0.2) is 24.3 Å². The molecule has 2 fully saturated rings. The van der Waals surface area contributed by atoms with Crippen molar-refractivity contribution in [3.63, 3.8) is 0 Å². The molecule has 1 spiro atoms. The molecule has 2 saturated heterocycles. The average Bonchev–Trinajstić information content (AvgIpc) is 2.68. The Bertz CT molecular complexity index is 730. The first-order chi connectivity index (χ1) is 12.9. The third-order valence-electron chi connectivity index (χ3n) is 5.99. The molecule has 27 heavy (non-hydrogen) atoms. The van der Waals surface area contributed by atoms with Gasteiger partial charge < -0.3 is 9.80 Å². The summed E-state index contributed by atoms with van der Waals surface area (Å²) < 4.78 is 0. The number of Topliss-reactive ketones (excluding diaryl/α,β-unsaturated/α-hetero) is 1. The van der Waals surface area contributed by atoms with Crippen LogP contribution in [0.2, 0.25) is 0 Å². The Morgan fingerprint density at radius 3 is 2.67 bits per heavy atom. The second-order valence-electron chi connectivity index (χ2n) is 8.14. The molecule has 1 aromatic carbocycles. The van der Waals surface area contributed by atoms with Crippen molar-refractivity contribution in [2.24, 2.45) is 5.41 Å². The number of hydrogen-bond acceptors (Lipinski definition) is 3. The molecule has 0 saturated carbocycles. The zero-order valence-corrected chi connectivity index (χ0v) is 16.5. The lowest BCUT2D eigenvalue weighted by Crippen LogP contribution is -2.55. The minimum atomic E-state index is -0.0304. The number of likely N-dealkylation sites (tertiary alicyclic amines) is 2. The summed E-state index contributed by atoms with van der Waals surface area (Å²) in [5.74, 6) is 0.220. The van der Waals surface area contributed by atoms with Crippen LogP contribution in [-0.4, -0.2) is 53.6 Å². The number of benzene rings is 1. The van der Waals surface area contributed by atoms with Crippen molar-refractivity contribution in [3.05, 3.63) is 35.4 Å². The molecule has 1 aromatic rings. The number of ketones is 1. The Morgan fingerprint density at radius 2 is 1.93 bits per heavy atom. The highest BCUT2D eigenvalue weighted by molar-refractivity contribution is 5.99. The van der Waals surface area contributed by atoms with Gasteiger partial charge in [-0.25, -0.2) is 0 Å². The van der Waals surface area contributed by atoms with E-state index in [1.807, 2.05) is 9.80 Å². The van der Waals surface area contributed by atoms with E-state index < -0.39 is 0 Å². The molecule has 2 aliphatic heterocycles. The third-order valence-corrected chi connectivity index (χ3v) is 5.99. The molecular formula is C22H30N2O3. The number of carbonyl (C=O) groups excluding carboxylic acids is 3. The predicted molar refractivity (Wildman–Crippen MR) is 105 cm³/mol. The normalized spacial score (nSPS) is 23.0. The number of amides is 2. The number of nitrogens with zero attached hydrogens (tertiary/aromatic N) is 2. The molecular weight excluding hydrogens is 340 g/mol. The van der Waals surface area contributed by atoms with Gasteiger partial charge in [0, 0.05) is 49.1 Å². The number of piperidine rings is 2. The Labute approximate surface area is 161 Å². The van der Waals surface area contributed by atoms with Gasteiger partial charge in [0.25, 0.3) is 5.91 Å². The maximum atomic E-state index is 13.1. The van der Waals surface area contributed by atoms with Gasteiger partial charge in [0.1, 0.15) is 0 Å². The van der Waals surface area contributed by atoms with E-state index >= 15 is 0 Å². The SMILES string of the molecule is CCCCN1CC2(CCCN(C(=O)c3cccc(C(C)=O)c3)C2)CCC1=O. The van der Waals surface area contributed by atoms with Gasteiger partial charge in [-0.3, -0.25) is 14.4 Å². The van der Waals surface area contributed by atoms with Crippen molar-refractivity contribution < 1.29 is 14.4 Å². The number of rotatable bonds is 5.